The topological polar surface area (TPSA) is 78.9 Å². The van der Waals surface area contributed by atoms with Crippen molar-refractivity contribution in [1.29, 1.82) is 0 Å². The minimum absolute atomic E-state index is 0.0945. The van der Waals surface area contributed by atoms with Crippen molar-refractivity contribution in [3.8, 4) is 0 Å². The fraction of sp³-hybridized carbons (Fsp3) is 0.742. The molecule has 0 fully saturated rings. The van der Waals surface area contributed by atoms with Crippen molar-refractivity contribution < 1.29 is 28.6 Å². The molecule has 6 heteroatoms. The van der Waals surface area contributed by atoms with Gasteiger partial charge in [-0.15, -0.1) is 0 Å². The second-order valence-electron chi connectivity index (χ2n) is 20.3. The van der Waals surface area contributed by atoms with Crippen LogP contribution in [0.5, 0.6) is 0 Å². The van der Waals surface area contributed by atoms with E-state index in [2.05, 4.69) is 93.7 Å². The zero-order chi connectivity index (χ0) is 52.2. The molecule has 0 rings (SSSR count). The molecule has 0 aliphatic carbocycles. The summed E-state index contributed by atoms with van der Waals surface area (Å²) in [5.41, 5.74) is 0. The first-order valence-electron chi connectivity index (χ1n) is 30.6. The Morgan fingerprint density at radius 2 is 0.611 bits per heavy atom. The van der Waals surface area contributed by atoms with Crippen LogP contribution in [0.3, 0.4) is 0 Å². The lowest BCUT2D eigenvalue weighted by atomic mass is 10.0. The molecule has 72 heavy (non-hydrogen) atoms. The highest BCUT2D eigenvalue weighted by atomic mass is 16.6. The van der Waals surface area contributed by atoms with Crippen LogP contribution < -0.4 is 0 Å². The van der Waals surface area contributed by atoms with E-state index in [1.165, 1.54) is 154 Å². The van der Waals surface area contributed by atoms with Gasteiger partial charge in [-0.1, -0.05) is 292 Å². The molecule has 1 atom stereocenters. The molecule has 0 spiro atoms. The van der Waals surface area contributed by atoms with E-state index in [0.29, 0.717) is 12.8 Å². The summed E-state index contributed by atoms with van der Waals surface area (Å²) < 4.78 is 16.7. The number of rotatable bonds is 55. The summed E-state index contributed by atoms with van der Waals surface area (Å²) in [6, 6.07) is 0. The molecule has 0 amide bonds. The molecule has 0 heterocycles. The van der Waals surface area contributed by atoms with Gasteiger partial charge in [0.15, 0.2) is 6.10 Å². The van der Waals surface area contributed by atoms with Gasteiger partial charge in [0.25, 0.3) is 0 Å². The van der Waals surface area contributed by atoms with E-state index in [9.17, 15) is 14.4 Å². The van der Waals surface area contributed by atoms with E-state index in [0.717, 1.165) is 103 Å². The molecule has 6 nitrogen and oxygen atoms in total. The van der Waals surface area contributed by atoms with Gasteiger partial charge in [-0.05, 0) is 70.6 Å². The van der Waals surface area contributed by atoms with E-state index in [-0.39, 0.29) is 31.6 Å². The third-order valence-electron chi connectivity index (χ3n) is 13.1. The lowest BCUT2D eigenvalue weighted by Crippen LogP contribution is -2.30. The highest BCUT2D eigenvalue weighted by Gasteiger charge is 2.19. The van der Waals surface area contributed by atoms with Crippen LogP contribution in [0, 0.1) is 0 Å². The molecule has 0 aromatic carbocycles. The van der Waals surface area contributed by atoms with Gasteiger partial charge in [0.1, 0.15) is 13.2 Å². The van der Waals surface area contributed by atoms with Crippen molar-refractivity contribution in [2.75, 3.05) is 13.2 Å². The monoisotopic (exact) mass is 1000 g/mol. The summed E-state index contributed by atoms with van der Waals surface area (Å²) in [6.07, 6.45) is 79.2. The van der Waals surface area contributed by atoms with Crippen molar-refractivity contribution in [1.82, 2.24) is 0 Å². The lowest BCUT2D eigenvalue weighted by molar-refractivity contribution is -0.166. The summed E-state index contributed by atoms with van der Waals surface area (Å²) in [6.45, 7) is 6.39. The maximum atomic E-state index is 12.8. The summed E-state index contributed by atoms with van der Waals surface area (Å²) in [5, 5.41) is 0. The maximum Gasteiger partial charge on any atom is 0.310 e. The third-order valence-corrected chi connectivity index (χ3v) is 13.1. The number of hydrogen-bond donors (Lipinski definition) is 0. The molecule has 0 aromatic rings. The summed E-state index contributed by atoms with van der Waals surface area (Å²) in [4.78, 5) is 38.1. The summed E-state index contributed by atoms with van der Waals surface area (Å²) in [7, 11) is 0. The van der Waals surface area contributed by atoms with Crippen molar-refractivity contribution in [2.45, 2.75) is 303 Å². The largest absolute Gasteiger partial charge is 0.462 e. The van der Waals surface area contributed by atoms with Crippen LogP contribution in [0.2, 0.25) is 0 Å². The fourth-order valence-electron chi connectivity index (χ4n) is 8.62. The first-order chi connectivity index (χ1) is 35.5. The van der Waals surface area contributed by atoms with E-state index in [1.807, 2.05) is 6.08 Å². The highest BCUT2D eigenvalue weighted by molar-refractivity contribution is 5.72. The van der Waals surface area contributed by atoms with Gasteiger partial charge in [0, 0.05) is 12.8 Å². The number of hydrogen-bond acceptors (Lipinski definition) is 6. The molecular formula is C66H114O6. The highest BCUT2D eigenvalue weighted by Crippen LogP contribution is 2.17. The molecule has 0 saturated carbocycles. The third kappa shape index (κ3) is 57.5. The number of ether oxygens (including phenoxy) is 3. The second-order valence-corrected chi connectivity index (χ2v) is 20.3. The Labute approximate surface area is 445 Å². The van der Waals surface area contributed by atoms with Crippen molar-refractivity contribution in [3.05, 3.63) is 85.1 Å². The van der Waals surface area contributed by atoms with E-state index in [1.54, 1.807) is 6.08 Å². The molecule has 0 aromatic heterocycles. The zero-order valence-electron chi connectivity index (χ0n) is 47.4. The van der Waals surface area contributed by atoms with Crippen LogP contribution in [0.15, 0.2) is 85.1 Å². The quantitative estimate of drug-likeness (QED) is 0.0261. The summed E-state index contributed by atoms with van der Waals surface area (Å²) >= 11 is 0. The summed E-state index contributed by atoms with van der Waals surface area (Å²) in [5.74, 6) is -1.06. The molecule has 1 unspecified atom stereocenters. The normalized spacial score (nSPS) is 12.7. The fourth-order valence-corrected chi connectivity index (χ4v) is 8.62. The average molecular weight is 1000 g/mol. The standard InChI is InChI=1S/C66H114O6/c1-4-7-10-13-16-19-22-25-27-28-29-30-31-32-33-34-35-36-37-39-41-44-47-50-53-56-59-65(68)71-62-63(61-70-64(67)58-55-52-49-46-43-40-24-21-18-15-12-9-6-3)72-66(69)60-57-54-51-48-45-42-38-26-23-20-17-14-11-8-5-2/h8,11-12,15,17,20-21,24,26,38,45,48,54,57,63H,4-7,9-10,13-14,16,18-19,22-23,25,27-37,39-44,46-47,49-53,55-56,58-62H2,1-3H3/b11-8-,15-12-,20-17-,24-21-,38-26-,48-45-,57-54-. The first kappa shape index (κ1) is 68.6. The molecule has 0 aliphatic rings. The Morgan fingerprint density at radius 1 is 0.306 bits per heavy atom. The Morgan fingerprint density at radius 3 is 0.972 bits per heavy atom. The number of unbranched alkanes of at least 4 members (excludes halogenated alkanes) is 31. The van der Waals surface area contributed by atoms with Crippen LogP contribution in [-0.2, 0) is 28.6 Å². The van der Waals surface area contributed by atoms with Crippen LogP contribution >= 0.6 is 0 Å². The second kappa shape index (κ2) is 60.1. The van der Waals surface area contributed by atoms with E-state index in [4.69, 9.17) is 14.2 Å². The Bertz CT molecular complexity index is 1380. The zero-order valence-corrected chi connectivity index (χ0v) is 47.4. The predicted octanol–water partition coefficient (Wildman–Crippen LogP) is 20.7. The lowest BCUT2D eigenvalue weighted by Gasteiger charge is -2.18. The van der Waals surface area contributed by atoms with Gasteiger partial charge in [-0.2, -0.15) is 0 Å². The minimum Gasteiger partial charge on any atom is -0.462 e. The van der Waals surface area contributed by atoms with Crippen molar-refractivity contribution in [2.24, 2.45) is 0 Å². The van der Waals surface area contributed by atoms with Crippen molar-refractivity contribution in [3.63, 3.8) is 0 Å². The van der Waals surface area contributed by atoms with Crippen molar-refractivity contribution >= 4 is 17.9 Å². The average Bonchev–Trinajstić information content (AvgIpc) is 3.38. The van der Waals surface area contributed by atoms with Crippen LogP contribution in [-0.4, -0.2) is 37.2 Å². The molecule has 0 saturated heterocycles. The number of carbonyl (C=O) groups excluding carboxylic acids is 3. The molecule has 0 bridgehead atoms. The molecule has 0 N–H and O–H groups in total. The van der Waals surface area contributed by atoms with Crippen LogP contribution in [0.4, 0.5) is 0 Å². The Hall–Kier alpha value is -3.41. The van der Waals surface area contributed by atoms with Gasteiger partial charge >= 0.3 is 17.9 Å². The Balaban J connectivity index is 4.30. The van der Waals surface area contributed by atoms with Gasteiger partial charge < -0.3 is 14.2 Å². The number of carbonyl (C=O) groups is 3. The molecule has 414 valence electrons. The maximum absolute atomic E-state index is 12.8. The smallest absolute Gasteiger partial charge is 0.310 e. The minimum atomic E-state index is -0.836. The molecule has 0 radical (unpaired) electrons. The molecule has 0 aliphatic heterocycles. The van der Waals surface area contributed by atoms with Gasteiger partial charge in [-0.3, -0.25) is 14.4 Å². The van der Waals surface area contributed by atoms with Gasteiger partial charge in [-0.25, -0.2) is 0 Å². The first-order valence-corrected chi connectivity index (χ1v) is 30.6. The Kier molecular flexibility index (Phi) is 57.3. The van der Waals surface area contributed by atoms with Gasteiger partial charge in [0.2, 0.25) is 0 Å². The number of allylic oxidation sites excluding steroid dienone is 13. The van der Waals surface area contributed by atoms with Crippen LogP contribution in [0.25, 0.3) is 0 Å². The SMILES string of the molecule is CC/C=C\C/C=C\C/C=C\C/C=C\C/C=C\CC(=O)OC(COC(=O)CCCCCCC/C=C\C/C=C\CCC)COC(=O)CCCCCCCCCCCCCCCCCCCCCCCCCCCC. The molecular weight excluding hydrogens is 889 g/mol. The van der Waals surface area contributed by atoms with Crippen LogP contribution in [0.1, 0.15) is 297 Å². The number of esters is 3. The van der Waals surface area contributed by atoms with E-state index < -0.39 is 12.1 Å². The predicted molar refractivity (Wildman–Crippen MR) is 311 cm³/mol. The van der Waals surface area contributed by atoms with E-state index >= 15 is 0 Å². The van der Waals surface area contributed by atoms with Gasteiger partial charge in [0.05, 0.1) is 6.42 Å².